The third kappa shape index (κ3) is 4.01. The molecule has 1 saturated heterocycles. The van der Waals surface area contributed by atoms with E-state index in [2.05, 4.69) is 20.2 Å². The highest BCUT2D eigenvalue weighted by Gasteiger charge is 2.22. The highest BCUT2D eigenvalue weighted by molar-refractivity contribution is 7.20. The first-order valence-corrected chi connectivity index (χ1v) is 10.2. The topological polar surface area (TPSA) is 93.4 Å². The Bertz CT molecular complexity index is 1070. The van der Waals surface area contributed by atoms with E-state index in [0.29, 0.717) is 27.0 Å². The molecule has 1 amide bonds. The lowest BCUT2D eigenvalue weighted by Crippen LogP contribution is -2.38. The number of piperidine rings is 1. The Kier molecular flexibility index (Phi) is 5.33. The molecule has 4 rings (SSSR count). The third-order valence-electron chi connectivity index (χ3n) is 5.02. The average molecular weight is 415 g/mol. The molecular weight excluding hydrogens is 393 g/mol. The zero-order valence-electron chi connectivity index (χ0n) is 16.2. The van der Waals surface area contributed by atoms with Crippen LogP contribution in [0.5, 0.6) is 5.75 Å². The van der Waals surface area contributed by atoms with Crippen molar-refractivity contribution in [3.63, 3.8) is 0 Å². The van der Waals surface area contributed by atoms with Gasteiger partial charge in [0, 0.05) is 12.6 Å². The van der Waals surface area contributed by atoms with Gasteiger partial charge in [-0.1, -0.05) is 0 Å². The highest BCUT2D eigenvalue weighted by Crippen LogP contribution is 2.36. The molecule has 1 aliphatic rings. The lowest BCUT2D eigenvalue weighted by atomic mass is 10.1. The molecule has 7 nitrogen and oxygen atoms in total. The number of likely N-dealkylation sites (tertiary alicyclic amines) is 1. The van der Waals surface area contributed by atoms with E-state index < -0.39 is 5.91 Å². The second kappa shape index (κ2) is 7.92. The van der Waals surface area contributed by atoms with E-state index in [1.807, 2.05) is 14.0 Å². The number of carbonyl (C=O) groups is 1. The van der Waals surface area contributed by atoms with Crippen LogP contribution in [-0.2, 0) is 0 Å². The van der Waals surface area contributed by atoms with Crippen molar-refractivity contribution in [2.75, 3.05) is 25.5 Å². The second-order valence-corrected chi connectivity index (χ2v) is 8.23. The predicted molar refractivity (Wildman–Crippen MR) is 111 cm³/mol. The fraction of sp³-hybridized carbons (Fsp3) is 0.350. The zero-order valence-corrected chi connectivity index (χ0v) is 17.1. The van der Waals surface area contributed by atoms with Crippen molar-refractivity contribution in [3.8, 4) is 5.75 Å². The minimum Gasteiger partial charge on any atom is -0.487 e. The van der Waals surface area contributed by atoms with Crippen LogP contribution in [0.1, 0.15) is 28.1 Å². The van der Waals surface area contributed by atoms with Gasteiger partial charge in [0.05, 0.1) is 16.0 Å². The number of carbonyl (C=O) groups excluding carboxylic acids is 1. The van der Waals surface area contributed by atoms with Gasteiger partial charge in [-0.25, -0.2) is 14.4 Å². The standard InChI is InChI=1S/C20H22FN5O2S/c1-11-16-19(23-10-24-20(16)29-17(11)18(22)27)25-14-6-5-12(21)8-15(14)28-13-4-3-7-26(2)9-13/h5-6,8,10,13H,3-4,7,9H2,1-2H3,(H2,22,27)(H,23,24,25)/t13-/m1/s1. The summed E-state index contributed by atoms with van der Waals surface area (Å²) < 4.78 is 20.1. The Morgan fingerprint density at radius 1 is 1.41 bits per heavy atom. The normalized spacial score (nSPS) is 17.4. The van der Waals surface area contributed by atoms with Gasteiger partial charge in [0.2, 0.25) is 0 Å². The number of anilines is 2. The van der Waals surface area contributed by atoms with Gasteiger partial charge in [0.1, 0.15) is 34.6 Å². The minimum absolute atomic E-state index is 0.00846. The van der Waals surface area contributed by atoms with Crippen molar-refractivity contribution < 1.29 is 13.9 Å². The van der Waals surface area contributed by atoms with Gasteiger partial charge in [0.25, 0.3) is 5.91 Å². The molecule has 29 heavy (non-hydrogen) atoms. The van der Waals surface area contributed by atoms with Gasteiger partial charge in [-0.15, -0.1) is 11.3 Å². The van der Waals surface area contributed by atoms with E-state index in [4.69, 9.17) is 10.5 Å². The van der Waals surface area contributed by atoms with E-state index in [0.717, 1.165) is 36.9 Å². The van der Waals surface area contributed by atoms with Crippen LogP contribution in [0.2, 0.25) is 0 Å². The molecule has 3 heterocycles. The summed E-state index contributed by atoms with van der Waals surface area (Å²) in [6.45, 7) is 3.64. The molecule has 0 bridgehead atoms. The minimum atomic E-state index is -0.497. The van der Waals surface area contributed by atoms with Gasteiger partial charge < -0.3 is 20.7 Å². The number of fused-ring (bicyclic) bond motifs is 1. The number of hydrogen-bond donors (Lipinski definition) is 2. The first kappa shape index (κ1) is 19.5. The Morgan fingerprint density at radius 2 is 2.24 bits per heavy atom. The summed E-state index contributed by atoms with van der Waals surface area (Å²) in [5, 5.41) is 3.96. The van der Waals surface area contributed by atoms with Crippen LogP contribution in [0.15, 0.2) is 24.5 Å². The SMILES string of the molecule is Cc1c(C(N)=O)sc2ncnc(Nc3ccc(F)cc3O[C@@H]3CCCN(C)C3)c12. The predicted octanol–water partition coefficient (Wildman–Crippen LogP) is 3.45. The molecule has 0 aliphatic carbocycles. The second-order valence-electron chi connectivity index (χ2n) is 7.23. The van der Waals surface area contributed by atoms with Crippen molar-refractivity contribution in [2.24, 2.45) is 5.73 Å². The number of thiophene rings is 1. The van der Waals surface area contributed by atoms with E-state index in [1.54, 1.807) is 6.07 Å². The molecule has 2 aromatic heterocycles. The molecule has 9 heteroatoms. The van der Waals surface area contributed by atoms with Crippen LogP contribution >= 0.6 is 11.3 Å². The van der Waals surface area contributed by atoms with Crippen molar-refractivity contribution in [2.45, 2.75) is 25.9 Å². The van der Waals surface area contributed by atoms with Gasteiger partial charge >= 0.3 is 0 Å². The average Bonchev–Trinajstić information content (AvgIpc) is 3.02. The number of hydrogen-bond acceptors (Lipinski definition) is 7. The Hall–Kier alpha value is -2.78. The smallest absolute Gasteiger partial charge is 0.259 e. The van der Waals surface area contributed by atoms with E-state index >= 15 is 0 Å². The number of nitrogens with zero attached hydrogens (tertiary/aromatic N) is 3. The van der Waals surface area contributed by atoms with E-state index in [1.165, 1.54) is 29.8 Å². The monoisotopic (exact) mass is 415 g/mol. The maximum absolute atomic E-state index is 13.9. The van der Waals surface area contributed by atoms with E-state index in [9.17, 15) is 9.18 Å². The van der Waals surface area contributed by atoms with Crippen LogP contribution in [0, 0.1) is 12.7 Å². The number of nitrogens with one attached hydrogen (secondary N) is 1. The lowest BCUT2D eigenvalue weighted by Gasteiger charge is -2.30. The molecule has 152 valence electrons. The summed E-state index contributed by atoms with van der Waals surface area (Å²) in [7, 11) is 2.05. The van der Waals surface area contributed by atoms with Crippen molar-refractivity contribution in [1.29, 1.82) is 0 Å². The zero-order chi connectivity index (χ0) is 20.5. The van der Waals surface area contributed by atoms with Gasteiger partial charge in [0.15, 0.2) is 0 Å². The summed E-state index contributed by atoms with van der Waals surface area (Å²) in [5.41, 5.74) is 6.80. The number of nitrogens with two attached hydrogens (primary N) is 1. The molecule has 0 spiro atoms. The summed E-state index contributed by atoms with van der Waals surface area (Å²) in [6, 6.07) is 4.38. The van der Waals surface area contributed by atoms with Crippen molar-refractivity contribution in [1.82, 2.24) is 14.9 Å². The molecule has 0 unspecified atom stereocenters. The number of primary amides is 1. The van der Waals surface area contributed by atoms with Crippen LogP contribution < -0.4 is 15.8 Å². The first-order valence-electron chi connectivity index (χ1n) is 9.38. The number of aryl methyl sites for hydroxylation is 1. The van der Waals surface area contributed by atoms with Crippen molar-refractivity contribution in [3.05, 3.63) is 40.8 Å². The molecule has 1 aliphatic heterocycles. The summed E-state index contributed by atoms with van der Waals surface area (Å²) >= 11 is 1.23. The first-order chi connectivity index (χ1) is 13.9. The van der Waals surface area contributed by atoms with Crippen LogP contribution in [-0.4, -0.2) is 47.0 Å². The molecular formula is C20H22FN5O2S. The number of ether oxygens (including phenoxy) is 1. The highest BCUT2D eigenvalue weighted by atomic mass is 32.1. The number of halogens is 1. The fourth-order valence-electron chi connectivity index (χ4n) is 3.62. The Morgan fingerprint density at radius 3 is 3.00 bits per heavy atom. The molecule has 0 saturated carbocycles. The third-order valence-corrected chi connectivity index (χ3v) is 6.24. The number of aromatic nitrogens is 2. The van der Waals surface area contributed by atoms with Crippen LogP contribution in [0.4, 0.5) is 15.9 Å². The summed E-state index contributed by atoms with van der Waals surface area (Å²) in [5.74, 6) is 0.0856. The molecule has 1 aromatic carbocycles. The number of rotatable bonds is 5. The van der Waals surface area contributed by atoms with Gasteiger partial charge in [-0.2, -0.15) is 0 Å². The largest absolute Gasteiger partial charge is 0.487 e. The molecule has 1 atom stereocenters. The molecule has 1 fully saturated rings. The van der Waals surface area contributed by atoms with E-state index in [-0.39, 0.29) is 11.9 Å². The number of likely N-dealkylation sites (N-methyl/N-ethyl adjacent to an activating group) is 1. The fourth-order valence-corrected chi connectivity index (χ4v) is 4.62. The van der Waals surface area contributed by atoms with Crippen LogP contribution in [0.3, 0.4) is 0 Å². The Labute approximate surface area is 171 Å². The molecule has 3 aromatic rings. The Balaban J connectivity index is 1.69. The summed E-state index contributed by atoms with van der Waals surface area (Å²) in [6.07, 6.45) is 3.37. The van der Waals surface area contributed by atoms with Gasteiger partial charge in [-0.3, -0.25) is 4.79 Å². The lowest BCUT2D eigenvalue weighted by molar-refractivity contribution is 0.100. The van der Waals surface area contributed by atoms with Gasteiger partial charge in [-0.05, 0) is 51.1 Å². The molecule has 3 N–H and O–H groups in total. The maximum atomic E-state index is 13.9. The number of benzene rings is 1. The van der Waals surface area contributed by atoms with Crippen molar-refractivity contribution >= 4 is 39.0 Å². The quantitative estimate of drug-likeness (QED) is 0.663. The maximum Gasteiger partial charge on any atom is 0.259 e. The van der Waals surface area contributed by atoms with Crippen LogP contribution in [0.25, 0.3) is 10.2 Å². The number of amides is 1. The molecule has 0 radical (unpaired) electrons. The summed E-state index contributed by atoms with van der Waals surface area (Å²) in [4.78, 5) is 23.6.